The highest BCUT2D eigenvalue weighted by Gasteiger charge is 2.28. The Morgan fingerprint density at radius 1 is 1.06 bits per heavy atom. The molecule has 6 nitrogen and oxygen atoms in total. The molecule has 4 rings (SSSR count). The van der Waals surface area contributed by atoms with Crippen LogP contribution in [0, 0.1) is 12.8 Å². The van der Waals surface area contributed by atoms with Gasteiger partial charge in [-0.1, -0.05) is 25.0 Å². The van der Waals surface area contributed by atoms with E-state index < -0.39 is 0 Å². The number of hydrogen-bond acceptors (Lipinski definition) is 4. The molecule has 6 heteroatoms. The average molecular weight is 449 g/mol. The van der Waals surface area contributed by atoms with E-state index in [2.05, 4.69) is 0 Å². The van der Waals surface area contributed by atoms with Gasteiger partial charge < -0.3 is 14.5 Å². The van der Waals surface area contributed by atoms with E-state index in [0.717, 1.165) is 54.3 Å². The molecule has 0 aromatic heterocycles. The molecule has 1 aliphatic heterocycles. The minimum atomic E-state index is 0.00217. The summed E-state index contributed by atoms with van der Waals surface area (Å²) in [4.78, 5) is 41.5. The van der Waals surface area contributed by atoms with Crippen LogP contribution in [0.3, 0.4) is 0 Å². The van der Waals surface area contributed by atoms with Crippen LogP contribution in [-0.4, -0.2) is 55.8 Å². The summed E-state index contributed by atoms with van der Waals surface area (Å²) in [5, 5.41) is 0. The van der Waals surface area contributed by atoms with Crippen molar-refractivity contribution in [2.75, 3.05) is 37.7 Å². The molecule has 1 heterocycles. The van der Waals surface area contributed by atoms with Gasteiger partial charge in [0.15, 0.2) is 0 Å². The van der Waals surface area contributed by atoms with Crippen LogP contribution in [-0.2, 0) is 9.53 Å². The van der Waals surface area contributed by atoms with Gasteiger partial charge in [-0.2, -0.15) is 0 Å². The fourth-order valence-corrected chi connectivity index (χ4v) is 4.88. The van der Waals surface area contributed by atoms with Crippen LogP contribution >= 0.6 is 0 Å². The third-order valence-corrected chi connectivity index (χ3v) is 6.89. The van der Waals surface area contributed by atoms with Crippen LogP contribution in [0.2, 0.25) is 0 Å². The third-order valence-electron chi connectivity index (χ3n) is 6.89. The number of benzene rings is 2. The maximum atomic E-state index is 13.2. The summed E-state index contributed by atoms with van der Waals surface area (Å²) in [6.45, 7) is 6.78. The number of ether oxygens (including phenoxy) is 1. The molecule has 1 saturated heterocycles. The molecule has 33 heavy (non-hydrogen) atoms. The predicted molar refractivity (Wildman–Crippen MR) is 129 cm³/mol. The SMILES string of the molecule is CCN(C(=O)C1CCCC1)c1cc(-c2ccc(C(=O)N3CCOCC3)cc2)cc(C=O)c1C. The molecule has 0 unspecified atom stereocenters. The van der Waals surface area contributed by atoms with Crippen molar-refractivity contribution < 1.29 is 19.1 Å². The Hall–Kier alpha value is -2.99. The van der Waals surface area contributed by atoms with E-state index in [1.54, 1.807) is 4.90 Å². The fraction of sp³-hybridized carbons (Fsp3) is 0.444. The molecule has 2 aromatic carbocycles. The molecule has 1 saturated carbocycles. The molecule has 174 valence electrons. The molecular weight excluding hydrogens is 416 g/mol. The molecule has 0 spiro atoms. The topological polar surface area (TPSA) is 66.9 Å². The van der Waals surface area contributed by atoms with E-state index >= 15 is 0 Å². The second kappa shape index (κ2) is 10.3. The fourth-order valence-electron chi connectivity index (χ4n) is 4.88. The van der Waals surface area contributed by atoms with Gasteiger partial charge >= 0.3 is 0 Å². The quantitative estimate of drug-likeness (QED) is 0.611. The van der Waals surface area contributed by atoms with Crippen molar-refractivity contribution in [3.63, 3.8) is 0 Å². The molecular formula is C27H32N2O4. The number of carbonyl (C=O) groups excluding carboxylic acids is 3. The normalized spacial score (nSPS) is 16.6. The standard InChI is InChI=1S/C27H32N2O4/c1-3-29(27(32)21-6-4-5-7-21)25-17-23(16-24(18-30)19(25)2)20-8-10-22(11-9-20)26(31)28-12-14-33-15-13-28/h8-11,16-18,21H,3-7,12-15H2,1-2H3. The minimum Gasteiger partial charge on any atom is -0.378 e. The molecule has 2 aromatic rings. The average Bonchev–Trinajstić information content (AvgIpc) is 3.41. The Labute approximate surface area is 195 Å². The van der Waals surface area contributed by atoms with Gasteiger partial charge in [-0.25, -0.2) is 0 Å². The first-order valence-electron chi connectivity index (χ1n) is 11.9. The number of aldehydes is 1. The third kappa shape index (κ3) is 4.86. The van der Waals surface area contributed by atoms with Gasteiger partial charge in [-0.15, -0.1) is 0 Å². The first-order chi connectivity index (χ1) is 16.0. The molecule has 0 N–H and O–H groups in total. The predicted octanol–water partition coefficient (Wildman–Crippen LogP) is 4.49. The Kier molecular flexibility index (Phi) is 7.23. The lowest BCUT2D eigenvalue weighted by Crippen LogP contribution is -2.40. The van der Waals surface area contributed by atoms with Crippen LogP contribution in [0.1, 0.15) is 58.9 Å². The zero-order valence-corrected chi connectivity index (χ0v) is 19.5. The number of rotatable bonds is 6. The van der Waals surface area contributed by atoms with E-state index in [4.69, 9.17) is 4.74 Å². The largest absolute Gasteiger partial charge is 0.378 e. The first-order valence-corrected chi connectivity index (χ1v) is 11.9. The number of anilines is 1. The summed E-state index contributed by atoms with van der Waals surface area (Å²) in [5.41, 5.74) is 4.59. The Morgan fingerprint density at radius 3 is 2.33 bits per heavy atom. The highest BCUT2D eigenvalue weighted by atomic mass is 16.5. The summed E-state index contributed by atoms with van der Waals surface area (Å²) in [5.74, 6) is 0.221. The van der Waals surface area contributed by atoms with Crippen molar-refractivity contribution in [3.8, 4) is 11.1 Å². The van der Waals surface area contributed by atoms with Crippen molar-refractivity contribution in [2.24, 2.45) is 5.92 Å². The van der Waals surface area contributed by atoms with Crippen molar-refractivity contribution in [1.29, 1.82) is 0 Å². The summed E-state index contributed by atoms with van der Waals surface area (Å²) in [6, 6.07) is 11.3. The zero-order chi connectivity index (χ0) is 23.4. The molecule has 2 fully saturated rings. The van der Waals surface area contributed by atoms with E-state index in [1.165, 1.54) is 0 Å². The van der Waals surface area contributed by atoms with Crippen LogP contribution in [0.25, 0.3) is 11.1 Å². The summed E-state index contributed by atoms with van der Waals surface area (Å²) >= 11 is 0. The van der Waals surface area contributed by atoms with E-state index in [1.807, 2.05) is 55.1 Å². The molecule has 0 bridgehead atoms. The van der Waals surface area contributed by atoms with Crippen LogP contribution in [0.5, 0.6) is 0 Å². The second-order valence-corrected chi connectivity index (χ2v) is 8.87. The first kappa shape index (κ1) is 23.2. The Balaban J connectivity index is 1.64. The number of carbonyl (C=O) groups is 3. The lowest BCUT2D eigenvalue weighted by atomic mass is 9.96. The van der Waals surface area contributed by atoms with Gasteiger partial charge in [0.2, 0.25) is 5.91 Å². The molecule has 1 aliphatic carbocycles. The Morgan fingerprint density at radius 2 is 1.73 bits per heavy atom. The van der Waals surface area contributed by atoms with Gasteiger partial charge in [0.05, 0.1) is 13.2 Å². The van der Waals surface area contributed by atoms with Gasteiger partial charge in [-0.05, 0) is 67.6 Å². The maximum absolute atomic E-state index is 13.2. The van der Waals surface area contributed by atoms with Crippen molar-refractivity contribution in [3.05, 3.63) is 53.1 Å². The summed E-state index contributed by atoms with van der Waals surface area (Å²) in [6.07, 6.45) is 4.93. The van der Waals surface area contributed by atoms with E-state index in [-0.39, 0.29) is 17.7 Å². The van der Waals surface area contributed by atoms with Crippen molar-refractivity contribution >= 4 is 23.8 Å². The second-order valence-electron chi connectivity index (χ2n) is 8.87. The summed E-state index contributed by atoms with van der Waals surface area (Å²) < 4.78 is 5.33. The zero-order valence-electron chi connectivity index (χ0n) is 19.5. The minimum absolute atomic E-state index is 0.00217. The van der Waals surface area contributed by atoms with Gasteiger partial charge in [0.1, 0.15) is 6.29 Å². The number of hydrogen-bond donors (Lipinski definition) is 0. The summed E-state index contributed by atoms with van der Waals surface area (Å²) in [7, 11) is 0. The Bertz CT molecular complexity index is 1020. The van der Waals surface area contributed by atoms with Gasteiger partial charge in [0.25, 0.3) is 5.91 Å². The highest BCUT2D eigenvalue weighted by molar-refractivity contribution is 5.99. The number of nitrogens with zero attached hydrogens (tertiary/aromatic N) is 2. The van der Waals surface area contributed by atoms with Crippen LogP contribution < -0.4 is 4.90 Å². The molecule has 0 radical (unpaired) electrons. The van der Waals surface area contributed by atoms with E-state index in [9.17, 15) is 14.4 Å². The van der Waals surface area contributed by atoms with Crippen molar-refractivity contribution in [1.82, 2.24) is 4.90 Å². The van der Waals surface area contributed by atoms with Gasteiger partial charge in [0, 0.05) is 42.4 Å². The van der Waals surface area contributed by atoms with Crippen LogP contribution in [0.15, 0.2) is 36.4 Å². The molecule has 2 aliphatic rings. The lowest BCUT2D eigenvalue weighted by molar-refractivity contribution is -0.122. The number of morpholine rings is 1. The molecule has 0 atom stereocenters. The maximum Gasteiger partial charge on any atom is 0.254 e. The molecule has 2 amide bonds. The van der Waals surface area contributed by atoms with Gasteiger partial charge in [-0.3, -0.25) is 14.4 Å². The van der Waals surface area contributed by atoms with Crippen LogP contribution in [0.4, 0.5) is 5.69 Å². The lowest BCUT2D eigenvalue weighted by Gasteiger charge is -2.27. The van der Waals surface area contributed by atoms with E-state index in [0.29, 0.717) is 44.0 Å². The highest BCUT2D eigenvalue weighted by Crippen LogP contribution is 2.34. The number of amides is 2. The monoisotopic (exact) mass is 448 g/mol. The smallest absolute Gasteiger partial charge is 0.254 e. The van der Waals surface area contributed by atoms with Crippen molar-refractivity contribution in [2.45, 2.75) is 39.5 Å².